The predicted molar refractivity (Wildman–Crippen MR) is 50.8 cm³/mol. The lowest BCUT2D eigenvalue weighted by Crippen LogP contribution is -2.44. The van der Waals surface area contributed by atoms with E-state index in [2.05, 4.69) is 38.8 Å². The Kier molecular flexibility index (Phi) is 2.36. The molecule has 2 heteroatoms. The molecule has 1 aliphatic rings. The van der Waals surface area contributed by atoms with Crippen LogP contribution in [-0.2, 0) is 4.74 Å². The summed E-state index contributed by atoms with van der Waals surface area (Å²) in [5, 5.41) is 0. The van der Waals surface area contributed by atoms with Crippen LogP contribution in [0.25, 0.3) is 0 Å². The lowest BCUT2D eigenvalue weighted by atomic mass is 10.1. The first-order chi connectivity index (χ1) is 5.39. The van der Waals surface area contributed by atoms with Crippen LogP contribution >= 0.6 is 0 Å². The molecule has 0 radical (unpaired) electrons. The molecule has 0 amide bonds. The Morgan fingerprint density at radius 2 is 2.08 bits per heavy atom. The average molecular weight is 169 g/mol. The second-order valence-corrected chi connectivity index (χ2v) is 4.49. The Bertz CT molecular complexity index is 191. The first kappa shape index (κ1) is 9.43. The number of hydrogen-bond donors (Lipinski definition) is 0. The Morgan fingerprint density at radius 1 is 1.50 bits per heavy atom. The van der Waals surface area contributed by atoms with Crippen molar-refractivity contribution in [2.75, 3.05) is 6.54 Å². The van der Waals surface area contributed by atoms with Gasteiger partial charge in [0.2, 0.25) is 0 Å². The first-order valence-electron chi connectivity index (χ1n) is 4.51. The summed E-state index contributed by atoms with van der Waals surface area (Å²) in [7, 11) is 0. The normalized spacial score (nSPS) is 24.9. The van der Waals surface area contributed by atoms with Crippen LogP contribution in [0.1, 0.15) is 34.6 Å². The van der Waals surface area contributed by atoms with Crippen LogP contribution in [-0.4, -0.2) is 23.1 Å². The fourth-order valence-electron chi connectivity index (χ4n) is 1.40. The molecule has 1 heterocycles. The van der Waals surface area contributed by atoms with Crippen molar-refractivity contribution in [2.45, 2.75) is 46.3 Å². The highest BCUT2D eigenvalue weighted by Crippen LogP contribution is 2.21. The second-order valence-electron chi connectivity index (χ2n) is 4.49. The van der Waals surface area contributed by atoms with E-state index >= 15 is 0 Å². The van der Waals surface area contributed by atoms with Crippen LogP contribution < -0.4 is 0 Å². The van der Waals surface area contributed by atoms with Crippen LogP contribution in [0.4, 0.5) is 0 Å². The Morgan fingerprint density at radius 3 is 2.50 bits per heavy atom. The van der Waals surface area contributed by atoms with Gasteiger partial charge in [-0.25, -0.2) is 0 Å². The lowest BCUT2D eigenvalue weighted by molar-refractivity contribution is 0.0410. The topological polar surface area (TPSA) is 12.5 Å². The third-order valence-corrected chi connectivity index (χ3v) is 2.04. The van der Waals surface area contributed by atoms with Crippen molar-refractivity contribution in [2.24, 2.45) is 0 Å². The van der Waals surface area contributed by atoms with Gasteiger partial charge in [-0.2, -0.15) is 0 Å². The van der Waals surface area contributed by atoms with Crippen LogP contribution in [0.3, 0.4) is 0 Å². The highest BCUT2D eigenvalue weighted by atomic mass is 16.5. The largest absolute Gasteiger partial charge is 0.492 e. The third kappa shape index (κ3) is 2.16. The maximum absolute atomic E-state index is 5.53. The monoisotopic (exact) mass is 169 g/mol. The highest BCUT2D eigenvalue weighted by Gasteiger charge is 2.24. The quantitative estimate of drug-likeness (QED) is 0.552. The summed E-state index contributed by atoms with van der Waals surface area (Å²) in [5.41, 5.74) is 0.208. The molecule has 1 atom stereocenters. The molecule has 0 spiro atoms. The van der Waals surface area contributed by atoms with Gasteiger partial charge in [-0.1, -0.05) is 0 Å². The molecule has 0 N–H and O–H groups in total. The fourth-order valence-corrected chi connectivity index (χ4v) is 1.40. The maximum Gasteiger partial charge on any atom is 0.113 e. The SMILES string of the molecule is CC1=CN(C(C)(C)C)CC(C)O1. The summed E-state index contributed by atoms with van der Waals surface area (Å²) in [6, 6.07) is 0. The van der Waals surface area contributed by atoms with Crippen molar-refractivity contribution in [3.63, 3.8) is 0 Å². The van der Waals surface area contributed by atoms with E-state index in [-0.39, 0.29) is 5.54 Å². The van der Waals surface area contributed by atoms with Gasteiger partial charge in [0.1, 0.15) is 11.9 Å². The van der Waals surface area contributed by atoms with E-state index in [9.17, 15) is 0 Å². The number of rotatable bonds is 0. The van der Waals surface area contributed by atoms with Crippen LogP contribution in [0, 0.1) is 0 Å². The van der Waals surface area contributed by atoms with Gasteiger partial charge in [0.15, 0.2) is 0 Å². The van der Waals surface area contributed by atoms with E-state index in [0.29, 0.717) is 6.10 Å². The molecular formula is C10H19NO. The van der Waals surface area contributed by atoms with E-state index in [4.69, 9.17) is 4.74 Å². The second kappa shape index (κ2) is 3.00. The summed E-state index contributed by atoms with van der Waals surface area (Å²) in [6.07, 6.45) is 2.41. The smallest absolute Gasteiger partial charge is 0.113 e. The summed E-state index contributed by atoms with van der Waals surface area (Å²) >= 11 is 0. The molecule has 0 aromatic carbocycles. The molecule has 0 saturated heterocycles. The Balaban J connectivity index is 2.73. The van der Waals surface area contributed by atoms with E-state index < -0.39 is 0 Å². The molecule has 0 aliphatic carbocycles. The fraction of sp³-hybridized carbons (Fsp3) is 0.800. The van der Waals surface area contributed by atoms with Crippen LogP contribution in [0.15, 0.2) is 12.0 Å². The van der Waals surface area contributed by atoms with Gasteiger partial charge in [0, 0.05) is 11.7 Å². The van der Waals surface area contributed by atoms with Gasteiger partial charge in [-0.15, -0.1) is 0 Å². The molecule has 0 saturated carbocycles. The number of nitrogens with zero attached hydrogens (tertiary/aromatic N) is 1. The zero-order chi connectivity index (χ0) is 9.35. The Hall–Kier alpha value is -0.660. The van der Waals surface area contributed by atoms with Gasteiger partial charge in [0.25, 0.3) is 0 Å². The molecule has 12 heavy (non-hydrogen) atoms. The first-order valence-corrected chi connectivity index (χ1v) is 4.51. The zero-order valence-corrected chi connectivity index (χ0v) is 8.72. The summed E-state index contributed by atoms with van der Waals surface area (Å²) in [6.45, 7) is 11.8. The average Bonchev–Trinajstić information content (AvgIpc) is 1.82. The number of ether oxygens (including phenoxy) is 1. The van der Waals surface area contributed by atoms with Gasteiger partial charge in [-0.05, 0) is 34.6 Å². The van der Waals surface area contributed by atoms with Crippen molar-refractivity contribution >= 4 is 0 Å². The predicted octanol–water partition coefficient (Wildman–Crippen LogP) is 2.37. The molecular weight excluding hydrogens is 150 g/mol. The summed E-state index contributed by atoms with van der Waals surface area (Å²) < 4.78 is 5.53. The van der Waals surface area contributed by atoms with E-state index in [1.54, 1.807) is 0 Å². The minimum Gasteiger partial charge on any atom is -0.492 e. The van der Waals surface area contributed by atoms with Crippen molar-refractivity contribution in [3.05, 3.63) is 12.0 Å². The van der Waals surface area contributed by atoms with E-state index in [0.717, 1.165) is 12.3 Å². The van der Waals surface area contributed by atoms with Crippen molar-refractivity contribution < 1.29 is 4.74 Å². The Labute approximate surface area is 75.2 Å². The van der Waals surface area contributed by atoms with E-state index in [1.165, 1.54) is 0 Å². The molecule has 0 aromatic rings. The van der Waals surface area contributed by atoms with Crippen LogP contribution in [0.2, 0.25) is 0 Å². The zero-order valence-electron chi connectivity index (χ0n) is 8.72. The minimum atomic E-state index is 0.208. The molecule has 0 fully saturated rings. The molecule has 2 nitrogen and oxygen atoms in total. The van der Waals surface area contributed by atoms with Gasteiger partial charge in [0.05, 0.1) is 6.54 Å². The molecule has 1 unspecified atom stereocenters. The molecule has 0 bridgehead atoms. The van der Waals surface area contributed by atoms with Crippen molar-refractivity contribution in [1.82, 2.24) is 4.90 Å². The summed E-state index contributed by atoms with van der Waals surface area (Å²) in [5.74, 6) is 1.02. The molecule has 1 rings (SSSR count). The lowest BCUT2D eigenvalue weighted by Gasteiger charge is -2.40. The van der Waals surface area contributed by atoms with Gasteiger partial charge in [-0.3, -0.25) is 0 Å². The highest BCUT2D eigenvalue weighted by molar-refractivity contribution is 4.98. The maximum atomic E-state index is 5.53. The summed E-state index contributed by atoms with van der Waals surface area (Å²) in [4.78, 5) is 2.33. The van der Waals surface area contributed by atoms with Gasteiger partial charge >= 0.3 is 0 Å². The molecule has 0 aromatic heterocycles. The van der Waals surface area contributed by atoms with Gasteiger partial charge < -0.3 is 9.64 Å². The number of allylic oxidation sites excluding steroid dienone is 1. The van der Waals surface area contributed by atoms with Crippen molar-refractivity contribution in [1.29, 1.82) is 0 Å². The van der Waals surface area contributed by atoms with Crippen LogP contribution in [0.5, 0.6) is 0 Å². The molecule has 70 valence electrons. The standard InChI is InChI=1S/C10H19NO/c1-8-6-11(10(3,4)5)7-9(2)12-8/h6,9H,7H2,1-5H3. The minimum absolute atomic E-state index is 0.208. The van der Waals surface area contributed by atoms with Crippen molar-refractivity contribution in [3.8, 4) is 0 Å². The number of hydrogen-bond acceptors (Lipinski definition) is 2. The third-order valence-electron chi connectivity index (χ3n) is 2.04. The van der Waals surface area contributed by atoms with E-state index in [1.807, 2.05) is 6.92 Å². The molecule has 1 aliphatic heterocycles.